The van der Waals surface area contributed by atoms with Crippen LogP contribution in [0.3, 0.4) is 0 Å². The number of nitrogens with one attached hydrogen (secondary N) is 1. The van der Waals surface area contributed by atoms with E-state index >= 15 is 0 Å². The van der Waals surface area contributed by atoms with Crippen LogP contribution in [0.1, 0.15) is 45.9 Å². The van der Waals surface area contributed by atoms with Crippen LogP contribution in [-0.4, -0.2) is 5.91 Å². The fourth-order valence-corrected chi connectivity index (χ4v) is 3.61. The number of primary amides is 1. The van der Waals surface area contributed by atoms with Gasteiger partial charge in [0.15, 0.2) is 0 Å². The van der Waals surface area contributed by atoms with Crippen molar-refractivity contribution in [2.75, 3.05) is 0 Å². The van der Waals surface area contributed by atoms with Crippen LogP contribution in [0, 0.1) is 0 Å². The van der Waals surface area contributed by atoms with E-state index in [0.717, 1.165) is 24.3 Å². The summed E-state index contributed by atoms with van der Waals surface area (Å²) >= 11 is 3.36. The molecule has 19 heavy (non-hydrogen) atoms. The van der Waals surface area contributed by atoms with E-state index in [1.807, 2.05) is 11.4 Å². The molecular weight excluding hydrogens is 276 g/mol. The third-order valence-corrected chi connectivity index (χ3v) is 4.85. The molecule has 2 heterocycles. The Labute approximate surface area is 121 Å². The van der Waals surface area contributed by atoms with Crippen LogP contribution in [0.2, 0.25) is 0 Å². The van der Waals surface area contributed by atoms with Crippen LogP contribution in [0.15, 0.2) is 29.0 Å². The summed E-state index contributed by atoms with van der Waals surface area (Å²) in [6.45, 7) is 2.97. The first-order valence-electron chi connectivity index (χ1n) is 6.34. The molecule has 2 aromatic rings. The molecule has 0 saturated heterocycles. The van der Waals surface area contributed by atoms with Gasteiger partial charge in [0.1, 0.15) is 0 Å². The van der Waals surface area contributed by atoms with Crippen LogP contribution >= 0.6 is 22.7 Å². The summed E-state index contributed by atoms with van der Waals surface area (Å²) in [6.07, 6.45) is 2.26. The zero-order valence-electron chi connectivity index (χ0n) is 10.9. The molecular formula is C14H18N2OS2. The number of carbonyl (C=O) groups excluding carboxylic acids is 1. The number of amides is 1. The van der Waals surface area contributed by atoms with Crippen LogP contribution in [-0.2, 0) is 6.54 Å². The quantitative estimate of drug-likeness (QED) is 0.820. The monoisotopic (exact) mass is 294 g/mol. The Morgan fingerprint density at radius 3 is 2.89 bits per heavy atom. The van der Waals surface area contributed by atoms with Gasteiger partial charge in [0.2, 0.25) is 5.91 Å². The second-order valence-electron chi connectivity index (χ2n) is 4.40. The van der Waals surface area contributed by atoms with Crippen LogP contribution in [0.5, 0.6) is 0 Å². The Hall–Kier alpha value is -1.17. The lowest BCUT2D eigenvalue weighted by Gasteiger charge is -2.16. The third-order valence-electron chi connectivity index (χ3n) is 2.92. The first-order chi connectivity index (χ1) is 9.20. The fraction of sp³-hybridized carbons (Fsp3) is 0.357. The molecule has 0 aliphatic rings. The van der Waals surface area contributed by atoms with Crippen LogP contribution in [0.4, 0.5) is 0 Å². The molecule has 0 radical (unpaired) electrons. The van der Waals surface area contributed by atoms with Crippen molar-refractivity contribution in [1.82, 2.24) is 5.32 Å². The van der Waals surface area contributed by atoms with Gasteiger partial charge < -0.3 is 11.1 Å². The van der Waals surface area contributed by atoms with Gasteiger partial charge >= 0.3 is 0 Å². The predicted molar refractivity (Wildman–Crippen MR) is 81.6 cm³/mol. The maximum absolute atomic E-state index is 11.1. The van der Waals surface area contributed by atoms with Gasteiger partial charge in [0.05, 0.1) is 5.56 Å². The molecule has 3 nitrogen and oxygen atoms in total. The predicted octanol–water partition coefficient (Wildman–Crippen LogP) is 3.54. The summed E-state index contributed by atoms with van der Waals surface area (Å²) in [5.41, 5.74) is 5.86. The first kappa shape index (κ1) is 14.2. The molecule has 2 aromatic heterocycles. The van der Waals surface area contributed by atoms with Crippen molar-refractivity contribution in [3.05, 3.63) is 44.3 Å². The molecule has 3 N–H and O–H groups in total. The van der Waals surface area contributed by atoms with E-state index in [1.165, 1.54) is 4.88 Å². The van der Waals surface area contributed by atoms with E-state index < -0.39 is 0 Å². The number of hydrogen-bond donors (Lipinski definition) is 2. The number of rotatable bonds is 7. The molecule has 1 atom stereocenters. The van der Waals surface area contributed by atoms with E-state index in [-0.39, 0.29) is 5.91 Å². The Morgan fingerprint density at radius 1 is 1.47 bits per heavy atom. The van der Waals surface area contributed by atoms with Crippen molar-refractivity contribution in [3.8, 4) is 0 Å². The summed E-state index contributed by atoms with van der Waals surface area (Å²) in [5, 5.41) is 7.49. The minimum Gasteiger partial charge on any atom is -0.366 e. The summed E-state index contributed by atoms with van der Waals surface area (Å²) < 4.78 is 0. The number of carbonyl (C=O) groups is 1. The van der Waals surface area contributed by atoms with Gasteiger partial charge in [-0.1, -0.05) is 19.4 Å². The number of nitrogens with two attached hydrogens (primary N) is 1. The van der Waals surface area contributed by atoms with Gasteiger partial charge in [0, 0.05) is 27.7 Å². The SMILES string of the molecule is CCCC(NCc1cc(C(N)=O)cs1)c1cccs1. The van der Waals surface area contributed by atoms with Crippen molar-refractivity contribution in [1.29, 1.82) is 0 Å². The summed E-state index contributed by atoms with van der Waals surface area (Å²) in [7, 11) is 0. The van der Waals surface area contributed by atoms with Crippen molar-refractivity contribution >= 4 is 28.6 Å². The highest BCUT2D eigenvalue weighted by Crippen LogP contribution is 2.24. The molecule has 1 unspecified atom stereocenters. The molecule has 0 aromatic carbocycles. The Kier molecular flexibility index (Phi) is 5.13. The molecule has 0 aliphatic carbocycles. The smallest absolute Gasteiger partial charge is 0.249 e. The average molecular weight is 294 g/mol. The van der Waals surface area contributed by atoms with Gasteiger partial charge in [-0.15, -0.1) is 22.7 Å². The highest BCUT2D eigenvalue weighted by molar-refractivity contribution is 7.10. The molecule has 0 fully saturated rings. The first-order valence-corrected chi connectivity index (χ1v) is 8.10. The molecule has 5 heteroatoms. The van der Waals surface area contributed by atoms with E-state index in [1.54, 1.807) is 22.7 Å². The van der Waals surface area contributed by atoms with Gasteiger partial charge in [-0.25, -0.2) is 0 Å². The minimum absolute atomic E-state index is 0.356. The van der Waals surface area contributed by atoms with Crippen molar-refractivity contribution in [3.63, 3.8) is 0 Å². The van der Waals surface area contributed by atoms with Crippen LogP contribution in [0.25, 0.3) is 0 Å². The standard InChI is InChI=1S/C14H18N2OS2/c1-2-4-12(13-5-3-6-18-13)16-8-11-7-10(9-19-11)14(15)17/h3,5-7,9,12,16H,2,4,8H2,1H3,(H2,15,17). The lowest BCUT2D eigenvalue weighted by molar-refractivity contribution is 0.100. The average Bonchev–Trinajstić information content (AvgIpc) is 3.05. The molecule has 0 bridgehead atoms. The normalized spacial score (nSPS) is 12.5. The summed E-state index contributed by atoms with van der Waals surface area (Å²) in [5.74, 6) is -0.356. The lowest BCUT2D eigenvalue weighted by Crippen LogP contribution is -2.19. The minimum atomic E-state index is -0.356. The number of thiophene rings is 2. The molecule has 102 valence electrons. The third kappa shape index (κ3) is 3.89. The lowest BCUT2D eigenvalue weighted by atomic mass is 10.1. The van der Waals surface area contributed by atoms with Crippen molar-refractivity contribution < 1.29 is 4.79 Å². The molecule has 0 aliphatic heterocycles. The van der Waals surface area contributed by atoms with E-state index in [2.05, 4.69) is 29.8 Å². The highest BCUT2D eigenvalue weighted by atomic mass is 32.1. The largest absolute Gasteiger partial charge is 0.366 e. The Morgan fingerprint density at radius 2 is 2.32 bits per heavy atom. The number of hydrogen-bond acceptors (Lipinski definition) is 4. The van der Waals surface area contributed by atoms with E-state index in [0.29, 0.717) is 11.6 Å². The highest BCUT2D eigenvalue weighted by Gasteiger charge is 2.12. The maximum atomic E-state index is 11.1. The van der Waals surface area contributed by atoms with Gasteiger partial charge in [-0.05, 0) is 23.9 Å². The van der Waals surface area contributed by atoms with Gasteiger partial charge in [0.25, 0.3) is 0 Å². The van der Waals surface area contributed by atoms with E-state index in [9.17, 15) is 4.79 Å². The fourth-order valence-electron chi connectivity index (χ4n) is 1.95. The van der Waals surface area contributed by atoms with Gasteiger partial charge in [-0.2, -0.15) is 0 Å². The van der Waals surface area contributed by atoms with Gasteiger partial charge in [-0.3, -0.25) is 4.79 Å². The van der Waals surface area contributed by atoms with Crippen molar-refractivity contribution in [2.45, 2.75) is 32.4 Å². The second-order valence-corrected chi connectivity index (χ2v) is 6.38. The topological polar surface area (TPSA) is 55.1 Å². The van der Waals surface area contributed by atoms with E-state index in [4.69, 9.17) is 5.73 Å². The summed E-state index contributed by atoms with van der Waals surface area (Å²) in [4.78, 5) is 13.6. The van der Waals surface area contributed by atoms with Crippen molar-refractivity contribution in [2.24, 2.45) is 5.73 Å². The molecule has 0 spiro atoms. The van der Waals surface area contributed by atoms with Crippen LogP contribution < -0.4 is 11.1 Å². The molecule has 2 rings (SSSR count). The zero-order valence-corrected chi connectivity index (χ0v) is 12.5. The molecule has 0 saturated carbocycles. The Balaban J connectivity index is 1.96. The second kappa shape index (κ2) is 6.84. The summed E-state index contributed by atoms with van der Waals surface area (Å²) in [6, 6.07) is 6.52. The maximum Gasteiger partial charge on any atom is 0.249 e. The Bertz CT molecular complexity index is 519. The zero-order chi connectivity index (χ0) is 13.7. The molecule has 1 amide bonds.